The van der Waals surface area contributed by atoms with Gasteiger partial charge in [0.25, 0.3) is 0 Å². The Labute approximate surface area is 124 Å². The average Bonchev–Trinajstić information content (AvgIpc) is 2.83. The standard InChI is InChI=1S/C16H22N2O3/c1-4-21-15-7-5-6-14-13(15)8-9-18(14)10-16(19)17-12(2)11-20-3/h5-9,12H,4,10-11H2,1-3H3,(H,17,19). The maximum atomic E-state index is 12.0. The second kappa shape index (κ2) is 7.13. The molecule has 2 rings (SSSR count). The lowest BCUT2D eigenvalue weighted by atomic mass is 10.2. The smallest absolute Gasteiger partial charge is 0.240 e. The first-order valence-corrected chi connectivity index (χ1v) is 7.14. The summed E-state index contributed by atoms with van der Waals surface area (Å²) in [6.45, 7) is 5.29. The predicted octanol–water partition coefficient (Wildman–Crippen LogP) is 2.19. The molecule has 0 spiro atoms. The summed E-state index contributed by atoms with van der Waals surface area (Å²) in [4.78, 5) is 12.0. The molecule has 0 aliphatic heterocycles. The van der Waals surface area contributed by atoms with Gasteiger partial charge < -0.3 is 19.4 Å². The van der Waals surface area contributed by atoms with Gasteiger partial charge in [0.2, 0.25) is 5.91 Å². The van der Waals surface area contributed by atoms with Crippen LogP contribution in [0.5, 0.6) is 5.75 Å². The molecule has 1 aromatic heterocycles. The zero-order valence-electron chi connectivity index (χ0n) is 12.8. The molecule has 21 heavy (non-hydrogen) atoms. The Morgan fingerprint density at radius 3 is 2.90 bits per heavy atom. The highest BCUT2D eigenvalue weighted by Gasteiger charge is 2.11. The molecule has 0 saturated carbocycles. The largest absolute Gasteiger partial charge is 0.493 e. The minimum absolute atomic E-state index is 0.00307. The van der Waals surface area contributed by atoms with Crippen molar-refractivity contribution < 1.29 is 14.3 Å². The molecular weight excluding hydrogens is 268 g/mol. The first-order chi connectivity index (χ1) is 10.2. The van der Waals surface area contributed by atoms with E-state index in [1.165, 1.54) is 0 Å². The fraction of sp³-hybridized carbons (Fsp3) is 0.438. The molecule has 0 fully saturated rings. The molecule has 0 aliphatic carbocycles. The number of nitrogens with one attached hydrogen (secondary N) is 1. The van der Waals surface area contributed by atoms with Crippen molar-refractivity contribution in [2.45, 2.75) is 26.4 Å². The summed E-state index contributed by atoms with van der Waals surface area (Å²) in [6, 6.07) is 7.85. The van der Waals surface area contributed by atoms with Crippen LogP contribution in [0.4, 0.5) is 0 Å². The molecule has 114 valence electrons. The van der Waals surface area contributed by atoms with Crippen LogP contribution >= 0.6 is 0 Å². The van der Waals surface area contributed by atoms with Crippen molar-refractivity contribution in [2.75, 3.05) is 20.3 Å². The van der Waals surface area contributed by atoms with Crippen LogP contribution in [0.15, 0.2) is 30.5 Å². The fourth-order valence-electron chi connectivity index (χ4n) is 2.38. The predicted molar refractivity (Wildman–Crippen MR) is 82.6 cm³/mol. The molecule has 0 bridgehead atoms. The van der Waals surface area contributed by atoms with Crippen LogP contribution in [0, 0.1) is 0 Å². The zero-order chi connectivity index (χ0) is 15.2. The summed E-state index contributed by atoms with van der Waals surface area (Å²) >= 11 is 0. The van der Waals surface area contributed by atoms with Crippen molar-refractivity contribution in [1.82, 2.24) is 9.88 Å². The number of aromatic nitrogens is 1. The maximum Gasteiger partial charge on any atom is 0.240 e. The Hall–Kier alpha value is -2.01. The number of carbonyl (C=O) groups excluding carboxylic acids is 1. The van der Waals surface area contributed by atoms with Crippen LogP contribution < -0.4 is 10.1 Å². The number of hydrogen-bond donors (Lipinski definition) is 1. The van der Waals surface area contributed by atoms with Gasteiger partial charge in [-0.1, -0.05) is 6.07 Å². The van der Waals surface area contributed by atoms with Crippen LogP contribution in [0.1, 0.15) is 13.8 Å². The topological polar surface area (TPSA) is 52.5 Å². The van der Waals surface area contributed by atoms with Crippen LogP contribution in [-0.2, 0) is 16.1 Å². The summed E-state index contributed by atoms with van der Waals surface area (Å²) in [6.07, 6.45) is 1.91. The summed E-state index contributed by atoms with van der Waals surface area (Å²) in [5, 5.41) is 3.93. The minimum Gasteiger partial charge on any atom is -0.493 e. The normalized spacial score (nSPS) is 12.3. The molecule has 5 nitrogen and oxygen atoms in total. The molecule has 2 aromatic rings. The number of fused-ring (bicyclic) bond motifs is 1. The molecule has 1 amide bonds. The number of methoxy groups -OCH3 is 1. The van der Waals surface area contributed by atoms with E-state index in [9.17, 15) is 4.79 Å². The summed E-state index contributed by atoms with van der Waals surface area (Å²) in [7, 11) is 1.62. The fourth-order valence-corrected chi connectivity index (χ4v) is 2.38. The number of ether oxygens (including phenoxy) is 2. The van der Waals surface area contributed by atoms with Crippen molar-refractivity contribution in [2.24, 2.45) is 0 Å². The Bertz CT molecular complexity index is 607. The van der Waals surface area contributed by atoms with Crippen LogP contribution in [-0.4, -0.2) is 36.8 Å². The highest BCUT2D eigenvalue weighted by molar-refractivity contribution is 5.88. The Morgan fingerprint density at radius 2 is 2.19 bits per heavy atom. The van der Waals surface area contributed by atoms with E-state index in [1.807, 2.05) is 48.9 Å². The molecular formula is C16H22N2O3. The summed E-state index contributed by atoms with van der Waals surface area (Å²) < 4.78 is 12.5. The van der Waals surface area contributed by atoms with E-state index in [0.717, 1.165) is 16.7 Å². The van der Waals surface area contributed by atoms with Crippen LogP contribution in [0.25, 0.3) is 10.9 Å². The van der Waals surface area contributed by atoms with Crippen LogP contribution in [0.3, 0.4) is 0 Å². The van der Waals surface area contributed by atoms with Gasteiger partial charge in [-0.15, -0.1) is 0 Å². The molecule has 5 heteroatoms. The summed E-state index contributed by atoms with van der Waals surface area (Å²) in [5.74, 6) is 0.820. The monoisotopic (exact) mass is 290 g/mol. The number of carbonyl (C=O) groups is 1. The zero-order valence-corrected chi connectivity index (χ0v) is 12.8. The van der Waals surface area contributed by atoms with Gasteiger partial charge in [0.05, 0.1) is 18.7 Å². The number of hydrogen-bond acceptors (Lipinski definition) is 3. The molecule has 0 radical (unpaired) electrons. The molecule has 1 aromatic carbocycles. The highest BCUT2D eigenvalue weighted by Crippen LogP contribution is 2.26. The third-order valence-corrected chi connectivity index (χ3v) is 3.21. The lowest BCUT2D eigenvalue weighted by Gasteiger charge is -2.13. The SMILES string of the molecule is CCOc1cccc2c1ccn2CC(=O)NC(C)COC. The third kappa shape index (κ3) is 3.76. The van der Waals surface area contributed by atoms with E-state index >= 15 is 0 Å². The second-order valence-electron chi connectivity index (χ2n) is 4.99. The van der Waals surface area contributed by atoms with Crippen molar-refractivity contribution >= 4 is 16.8 Å². The van der Waals surface area contributed by atoms with E-state index < -0.39 is 0 Å². The van der Waals surface area contributed by atoms with E-state index in [0.29, 0.717) is 13.2 Å². The number of nitrogens with zero attached hydrogens (tertiary/aromatic N) is 1. The van der Waals surface area contributed by atoms with E-state index in [-0.39, 0.29) is 18.5 Å². The van der Waals surface area contributed by atoms with E-state index in [4.69, 9.17) is 9.47 Å². The van der Waals surface area contributed by atoms with Crippen molar-refractivity contribution in [3.8, 4) is 5.75 Å². The van der Waals surface area contributed by atoms with Gasteiger partial charge in [0.1, 0.15) is 12.3 Å². The molecule has 1 unspecified atom stereocenters. The molecule has 0 aliphatic rings. The van der Waals surface area contributed by atoms with Crippen molar-refractivity contribution in [3.63, 3.8) is 0 Å². The second-order valence-corrected chi connectivity index (χ2v) is 4.99. The molecule has 1 N–H and O–H groups in total. The van der Waals surface area contributed by atoms with Crippen molar-refractivity contribution in [3.05, 3.63) is 30.5 Å². The van der Waals surface area contributed by atoms with Crippen molar-refractivity contribution in [1.29, 1.82) is 0 Å². The summed E-state index contributed by atoms with van der Waals surface area (Å²) in [5.41, 5.74) is 0.996. The number of rotatable bonds is 7. The first kappa shape index (κ1) is 15.4. The first-order valence-electron chi connectivity index (χ1n) is 7.14. The van der Waals surface area contributed by atoms with Gasteiger partial charge in [-0.3, -0.25) is 4.79 Å². The van der Waals surface area contributed by atoms with E-state index in [1.54, 1.807) is 7.11 Å². The highest BCUT2D eigenvalue weighted by atomic mass is 16.5. The quantitative estimate of drug-likeness (QED) is 0.850. The van der Waals surface area contributed by atoms with Gasteiger partial charge >= 0.3 is 0 Å². The maximum absolute atomic E-state index is 12.0. The van der Waals surface area contributed by atoms with Gasteiger partial charge in [-0.2, -0.15) is 0 Å². The third-order valence-electron chi connectivity index (χ3n) is 3.21. The van der Waals surface area contributed by atoms with Gasteiger partial charge in [-0.05, 0) is 32.0 Å². The van der Waals surface area contributed by atoms with Gasteiger partial charge in [-0.25, -0.2) is 0 Å². The number of benzene rings is 1. The van der Waals surface area contributed by atoms with Gasteiger partial charge in [0, 0.05) is 24.7 Å². The lowest BCUT2D eigenvalue weighted by Crippen LogP contribution is -2.37. The Balaban J connectivity index is 2.12. The lowest BCUT2D eigenvalue weighted by molar-refractivity contribution is -0.122. The van der Waals surface area contributed by atoms with Gasteiger partial charge in [0.15, 0.2) is 0 Å². The average molecular weight is 290 g/mol. The molecule has 1 atom stereocenters. The minimum atomic E-state index is -0.0288. The molecule has 1 heterocycles. The Kier molecular flexibility index (Phi) is 5.22. The van der Waals surface area contributed by atoms with Crippen LogP contribution in [0.2, 0.25) is 0 Å². The Morgan fingerprint density at radius 1 is 1.38 bits per heavy atom. The molecule has 0 saturated heterocycles. The van der Waals surface area contributed by atoms with E-state index in [2.05, 4.69) is 5.32 Å². The number of amides is 1.